The molecule has 2 nitrogen and oxygen atoms in total. The minimum atomic E-state index is 1.04. The van der Waals surface area contributed by atoms with Crippen molar-refractivity contribution in [3.63, 3.8) is 0 Å². The normalized spacial score (nSPS) is 17.2. The molecular formula is C8H11BrN2S. The van der Waals surface area contributed by atoms with E-state index in [0.29, 0.717) is 0 Å². The quantitative estimate of drug-likeness (QED) is 0.698. The smallest absolute Gasteiger partial charge is 0.131 e. The first-order valence-electron chi connectivity index (χ1n) is 4.07. The molecule has 2 heterocycles. The predicted molar refractivity (Wildman–Crippen MR) is 55.6 cm³/mol. The predicted octanol–water partition coefficient (Wildman–Crippen LogP) is 2.01. The van der Waals surface area contributed by atoms with Crippen LogP contribution in [0, 0.1) is 0 Å². The van der Waals surface area contributed by atoms with Crippen molar-refractivity contribution < 1.29 is 0 Å². The number of fused-ring (bicyclic) bond motifs is 1. The first-order chi connectivity index (χ1) is 5.79. The zero-order valence-electron chi connectivity index (χ0n) is 7.01. The molecule has 0 aliphatic carbocycles. The molecule has 0 atom stereocenters. The number of halogens is 1. The van der Waals surface area contributed by atoms with Gasteiger partial charge in [-0.05, 0) is 40.3 Å². The molecule has 0 saturated heterocycles. The van der Waals surface area contributed by atoms with Crippen LogP contribution in [0.3, 0.4) is 0 Å². The van der Waals surface area contributed by atoms with Crippen LogP contribution in [0.4, 0.5) is 0 Å². The third-order valence-corrected chi connectivity index (χ3v) is 3.83. The van der Waals surface area contributed by atoms with Crippen LogP contribution in [0.1, 0.15) is 11.3 Å². The lowest BCUT2D eigenvalue weighted by molar-refractivity contribution is 0.714. The summed E-state index contributed by atoms with van der Waals surface area (Å²) in [6.07, 6.45) is 2.32. The Morgan fingerprint density at radius 2 is 2.17 bits per heavy atom. The van der Waals surface area contributed by atoms with Gasteiger partial charge in [-0.1, -0.05) is 0 Å². The summed E-state index contributed by atoms with van der Waals surface area (Å²) >= 11 is 5.53. The van der Waals surface area contributed by atoms with Crippen LogP contribution >= 0.6 is 27.7 Å². The van der Waals surface area contributed by atoms with Crippen LogP contribution in [0.2, 0.25) is 0 Å². The van der Waals surface area contributed by atoms with E-state index in [2.05, 4.69) is 21.0 Å². The van der Waals surface area contributed by atoms with Gasteiger partial charge in [0.2, 0.25) is 0 Å². The summed E-state index contributed by atoms with van der Waals surface area (Å²) in [5, 5.41) is 4.36. The second kappa shape index (κ2) is 3.42. The van der Waals surface area contributed by atoms with Gasteiger partial charge < -0.3 is 0 Å². The van der Waals surface area contributed by atoms with Crippen LogP contribution in [0.15, 0.2) is 4.60 Å². The molecule has 0 bridgehead atoms. The topological polar surface area (TPSA) is 17.8 Å². The van der Waals surface area contributed by atoms with E-state index in [1.165, 1.54) is 22.8 Å². The Balaban J connectivity index is 2.44. The first kappa shape index (κ1) is 8.63. The van der Waals surface area contributed by atoms with Crippen molar-refractivity contribution in [3.05, 3.63) is 15.9 Å². The Bertz CT molecular complexity index is 269. The lowest BCUT2D eigenvalue weighted by Crippen LogP contribution is -2.00. The van der Waals surface area contributed by atoms with Gasteiger partial charge >= 0.3 is 0 Å². The van der Waals surface area contributed by atoms with E-state index < -0.39 is 0 Å². The minimum absolute atomic E-state index is 1.04. The van der Waals surface area contributed by atoms with Gasteiger partial charge in [0.1, 0.15) is 4.60 Å². The van der Waals surface area contributed by atoms with Crippen molar-refractivity contribution in [2.75, 3.05) is 11.5 Å². The second-order valence-electron chi connectivity index (χ2n) is 2.95. The van der Waals surface area contributed by atoms with Crippen molar-refractivity contribution in [1.82, 2.24) is 9.78 Å². The second-order valence-corrected chi connectivity index (χ2v) is 4.93. The van der Waals surface area contributed by atoms with Gasteiger partial charge in [-0.3, -0.25) is 4.68 Å². The number of rotatable bonds is 0. The molecule has 1 aromatic rings. The molecular weight excluding hydrogens is 236 g/mol. The first-order valence-corrected chi connectivity index (χ1v) is 6.02. The van der Waals surface area contributed by atoms with Crippen LogP contribution in [-0.4, -0.2) is 21.3 Å². The molecule has 0 unspecified atom stereocenters. The van der Waals surface area contributed by atoms with Crippen molar-refractivity contribution in [2.45, 2.75) is 12.8 Å². The maximum Gasteiger partial charge on any atom is 0.131 e. The van der Waals surface area contributed by atoms with Gasteiger partial charge in [0.25, 0.3) is 0 Å². The zero-order chi connectivity index (χ0) is 8.55. The van der Waals surface area contributed by atoms with Gasteiger partial charge in [-0.25, -0.2) is 0 Å². The Labute approximate surface area is 84.8 Å². The van der Waals surface area contributed by atoms with Gasteiger partial charge in [0, 0.05) is 18.3 Å². The van der Waals surface area contributed by atoms with Crippen LogP contribution < -0.4 is 0 Å². The molecule has 0 radical (unpaired) electrons. The summed E-state index contributed by atoms with van der Waals surface area (Å²) in [6.45, 7) is 0. The van der Waals surface area contributed by atoms with Gasteiger partial charge in [0.15, 0.2) is 0 Å². The number of hydrogen-bond donors (Lipinski definition) is 0. The highest BCUT2D eigenvalue weighted by Crippen LogP contribution is 2.25. The number of nitrogens with zero attached hydrogens (tertiary/aromatic N) is 2. The molecule has 1 aliphatic heterocycles. The molecule has 1 aliphatic rings. The summed E-state index contributed by atoms with van der Waals surface area (Å²) in [5.74, 6) is 2.47. The third-order valence-electron chi connectivity index (χ3n) is 2.21. The molecule has 0 fully saturated rings. The van der Waals surface area contributed by atoms with Crippen molar-refractivity contribution in [2.24, 2.45) is 7.05 Å². The summed E-state index contributed by atoms with van der Waals surface area (Å²) in [5.41, 5.74) is 2.83. The molecule has 0 aromatic carbocycles. The maximum atomic E-state index is 4.36. The van der Waals surface area contributed by atoms with E-state index >= 15 is 0 Å². The fraction of sp³-hybridized carbons (Fsp3) is 0.625. The molecule has 0 saturated carbocycles. The Hall–Kier alpha value is 0.0400. The summed E-state index contributed by atoms with van der Waals surface area (Å²) in [7, 11) is 2.03. The molecule has 0 spiro atoms. The fourth-order valence-corrected chi connectivity index (χ4v) is 3.13. The third kappa shape index (κ3) is 1.42. The Morgan fingerprint density at radius 3 is 3.00 bits per heavy atom. The molecule has 0 N–H and O–H groups in total. The number of aryl methyl sites for hydroxylation is 1. The van der Waals surface area contributed by atoms with E-state index in [0.717, 1.165) is 17.4 Å². The van der Waals surface area contributed by atoms with Crippen molar-refractivity contribution in [1.29, 1.82) is 0 Å². The average Bonchev–Trinajstić information content (AvgIpc) is 2.29. The Kier molecular flexibility index (Phi) is 2.46. The highest BCUT2D eigenvalue weighted by molar-refractivity contribution is 9.10. The van der Waals surface area contributed by atoms with E-state index in [-0.39, 0.29) is 0 Å². The number of aromatic nitrogens is 2. The molecule has 4 heteroatoms. The molecule has 66 valence electrons. The lowest BCUT2D eigenvalue weighted by Gasteiger charge is -1.98. The SMILES string of the molecule is Cn1nc(Br)c2c1CCSCC2. The molecule has 0 amide bonds. The fourth-order valence-electron chi connectivity index (χ4n) is 1.57. The molecule has 1 aromatic heterocycles. The number of hydrogen-bond acceptors (Lipinski definition) is 2. The molecule has 2 rings (SSSR count). The van der Waals surface area contributed by atoms with Gasteiger partial charge in [-0.15, -0.1) is 0 Å². The van der Waals surface area contributed by atoms with Crippen molar-refractivity contribution >= 4 is 27.7 Å². The highest BCUT2D eigenvalue weighted by atomic mass is 79.9. The number of thioether (sulfide) groups is 1. The lowest BCUT2D eigenvalue weighted by atomic mass is 10.2. The summed E-state index contributed by atoms with van der Waals surface area (Å²) in [6, 6.07) is 0. The van der Waals surface area contributed by atoms with Crippen LogP contribution in [-0.2, 0) is 19.9 Å². The van der Waals surface area contributed by atoms with E-state index in [4.69, 9.17) is 0 Å². The maximum absolute atomic E-state index is 4.36. The molecule has 12 heavy (non-hydrogen) atoms. The standard InChI is InChI=1S/C8H11BrN2S/c1-11-7-3-5-12-4-2-6(7)8(9)10-11/h2-5H2,1H3. The van der Waals surface area contributed by atoms with E-state index in [9.17, 15) is 0 Å². The van der Waals surface area contributed by atoms with Crippen LogP contribution in [0.5, 0.6) is 0 Å². The average molecular weight is 247 g/mol. The Morgan fingerprint density at radius 1 is 1.42 bits per heavy atom. The van der Waals surface area contributed by atoms with Crippen LogP contribution in [0.25, 0.3) is 0 Å². The van der Waals surface area contributed by atoms with Crippen molar-refractivity contribution in [3.8, 4) is 0 Å². The van der Waals surface area contributed by atoms with Gasteiger partial charge in [0.05, 0.1) is 0 Å². The van der Waals surface area contributed by atoms with E-state index in [1.54, 1.807) is 0 Å². The summed E-state index contributed by atoms with van der Waals surface area (Å²) < 4.78 is 3.05. The largest absolute Gasteiger partial charge is 0.271 e. The van der Waals surface area contributed by atoms with E-state index in [1.807, 2.05) is 23.5 Å². The monoisotopic (exact) mass is 246 g/mol. The van der Waals surface area contributed by atoms with Gasteiger partial charge in [-0.2, -0.15) is 16.9 Å². The minimum Gasteiger partial charge on any atom is -0.271 e. The highest BCUT2D eigenvalue weighted by Gasteiger charge is 2.16. The zero-order valence-corrected chi connectivity index (χ0v) is 9.41. The summed E-state index contributed by atoms with van der Waals surface area (Å²) in [4.78, 5) is 0.